The van der Waals surface area contributed by atoms with Crippen LogP contribution in [0.25, 0.3) is 12.2 Å². The van der Waals surface area contributed by atoms with Crippen LogP contribution in [0.2, 0.25) is 0 Å². The molecule has 1 fully saturated rings. The number of unbranched alkanes of at least 4 members (excludes halogenated alkanes) is 1. The van der Waals surface area contributed by atoms with Gasteiger partial charge >= 0.3 is 0 Å². The van der Waals surface area contributed by atoms with E-state index in [1.165, 1.54) is 12.1 Å². The third-order valence-electron chi connectivity index (χ3n) is 4.83. The number of benzene rings is 2. The molecule has 0 aromatic heterocycles. The molecule has 1 heterocycles. The molecule has 1 aliphatic rings. The molecule has 0 saturated carbocycles. The average Bonchev–Trinajstić information content (AvgIpc) is 2.67. The van der Waals surface area contributed by atoms with Gasteiger partial charge in [0.2, 0.25) is 0 Å². The van der Waals surface area contributed by atoms with E-state index in [1.807, 2.05) is 42.5 Å². The summed E-state index contributed by atoms with van der Waals surface area (Å²) in [5, 5.41) is 9.72. The third kappa shape index (κ3) is 6.49. The topological polar surface area (TPSA) is 32.7 Å². The van der Waals surface area contributed by atoms with E-state index in [4.69, 9.17) is 4.74 Å². The van der Waals surface area contributed by atoms with Crippen LogP contribution in [-0.2, 0) is 0 Å². The number of aliphatic hydroxyl groups is 1. The minimum absolute atomic E-state index is 0.160. The molecule has 144 valence electrons. The number of hydrogen-bond donors (Lipinski definition) is 1. The highest BCUT2D eigenvalue weighted by Gasteiger charge is 2.16. The Balaban J connectivity index is 1.46. The molecule has 0 radical (unpaired) electrons. The summed E-state index contributed by atoms with van der Waals surface area (Å²) in [5.41, 5.74) is 1.81. The molecule has 1 atom stereocenters. The van der Waals surface area contributed by atoms with Gasteiger partial charge in [0.25, 0.3) is 0 Å². The molecule has 3 rings (SSSR count). The highest BCUT2D eigenvalue weighted by atomic mass is 19.1. The van der Waals surface area contributed by atoms with Gasteiger partial charge in [-0.3, -0.25) is 0 Å². The average molecular weight is 369 g/mol. The third-order valence-corrected chi connectivity index (χ3v) is 4.83. The van der Waals surface area contributed by atoms with Gasteiger partial charge in [0, 0.05) is 12.1 Å². The van der Waals surface area contributed by atoms with Crippen LogP contribution in [0, 0.1) is 5.82 Å². The Bertz CT molecular complexity index is 747. The molecule has 2 aromatic rings. The quantitative estimate of drug-likeness (QED) is 0.545. The number of ether oxygens (including phenoxy) is 1. The Labute approximate surface area is 161 Å². The van der Waals surface area contributed by atoms with Crippen LogP contribution in [0.5, 0.6) is 5.75 Å². The number of para-hydroxylation sites is 1. The van der Waals surface area contributed by atoms with Crippen LogP contribution in [0.4, 0.5) is 4.39 Å². The minimum Gasteiger partial charge on any atom is -0.493 e. The van der Waals surface area contributed by atoms with Crippen molar-refractivity contribution < 1.29 is 14.2 Å². The molecule has 0 bridgehead atoms. The molecule has 2 aromatic carbocycles. The van der Waals surface area contributed by atoms with Gasteiger partial charge in [-0.15, -0.1) is 0 Å². The number of rotatable bonds is 8. The second kappa shape index (κ2) is 10.2. The minimum atomic E-state index is -0.233. The van der Waals surface area contributed by atoms with Crippen molar-refractivity contribution in [3.05, 3.63) is 65.5 Å². The van der Waals surface area contributed by atoms with Crippen molar-refractivity contribution in [2.75, 3.05) is 26.2 Å². The van der Waals surface area contributed by atoms with Crippen molar-refractivity contribution in [2.24, 2.45) is 0 Å². The Morgan fingerprint density at radius 3 is 2.85 bits per heavy atom. The molecular weight excluding hydrogens is 341 g/mol. The lowest BCUT2D eigenvalue weighted by Gasteiger charge is -2.29. The Morgan fingerprint density at radius 1 is 1.11 bits per heavy atom. The second-order valence-corrected chi connectivity index (χ2v) is 7.08. The SMILES string of the molecule is OC1CCCN(CCCCOc2ccccc2/C=C/c2cccc(F)c2)C1. The zero-order valence-corrected chi connectivity index (χ0v) is 15.7. The van der Waals surface area contributed by atoms with Crippen LogP contribution >= 0.6 is 0 Å². The largest absolute Gasteiger partial charge is 0.493 e. The first-order valence-electron chi connectivity index (χ1n) is 9.76. The number of aliphatic hydroxyl groups excluding tert-OH is 1. The normalized spacial score (nSPS) is 18.1. The summed E-state index contributed by atoms with van der Waals surface area (Å²) in [7, 11) is 0. The lowest BCUT2D eigenvalue weighted by molar-refractivity contribution is 0.0693. The van der Waals surface area contributed by atoms with Crippen LogP contribution in [-0.4, -0.2) is 42.4 Å². The molecular formula is C23H28FNO2. The standard InChI is InChI=1S/C23H28FNO2/c24-21-9-5-7-19(17-21)12-13-20-8-1-2-11-23(20)27-16-4-3-14-25-15-6-10-22(26)18-25/h1-2,5,7-9,11-13,17,22,26H,3-4,6,10,14-16,18H2/b13-12+. The summed E-state index contributed by atoms with van der Waals surface area (Å²) >= 11 is 0. The van der Waals surface area contributed by atoms with E-state index in [0.717, 1.165) is 62.2 Å². The number of piperidine rings is 1. The number of β-amino-alcohol motifs (C(OH)–C–C–N with tert-alkyl or cyclic N) is 1. The van der Waals surface area contributed by atoms with Crippen molar-refractivity contribution in [3.8, 4) is 5.75 Å². The zero-order chi connectivity index (χ0) is 18.9. The first kappa shape index (κ1) is 19.6. The van der Waals surface area contributed by atoms with E-state index in [2.05, 4.69) is 4.90 Å². The fourth-order valence-corrected chi connectivity index (χ4v) is 3.40. The fourth-order valence-electron chi connectivity index (χ4n) is 3.40. The lowest BCUT2D eigenvalue weighted by Crippen LogP contribution is -2.38. The summed E-state index contributed by atoms with van der Waals surface area (Å²) in [5.74, 6) is 0.612. The summed E-state index contributed by atoms with van der Waals surface area (Å²) in [6, 6.07) is 14.4. The Morgan fingerprint density at radius 2 is 2.00 bits per heavy atom. The number of likely N-dealkylation sites (tertiary alicyclic amines) is 1. The molecule has 1 saturated heterocycles. The number of nitrogens with zero attached hydrogens (tertiary/aromatic N) is 1. The van der Waals surface area contributed by atoms with E-state index in [9.17, 15) is 9.50 Å². The molecule has 4 heteroatoms. The predicted molar refractivity (Wildman–Crippen MR) is 108 cm³/mol. The molecule has 3 nitrogen and oxygen atoms in total. The smallest absolute Gasteiger partial charge is 0.126 e. The van der Waals surface area contributed by atoms with Gasteiger partial charge in [0.05, 0.1) is 12.7 Å². The highest BCUT2D eigenvalue weighted by Crippen LogP contribution is 2.21. The van der Waals surface area contributed by atoms with E-state index in [-0.39, 0.29) is 11.9 Å². The van der Waals surface area contributed by atoms with Crippen LogP contribution in [0.15, 0.2) is 48.5 Å². The van der Waals surface area contributed by atoms with Crippen LogP contribution in [0.1, 0.15) is 36.8 Å². The van der Waals surface area contributed by atoms with Gasteiger partial charge in [0.15, 0.2) is 0 Å². The maximum absolute atomic E-state index is 13.3. The molecule has 1 unspecified atom stereocenters. The predicted octanol–water partition coefficient (Wildman–Crippen LogP) is 4.61. The summed E-state index contributed by atoms with van der Waals surface area (Å²) < 4.78 is 19.3. The van der Waals surface area contributed by atoms with Crippen molar-refractivity contribution in [1.29, 1.82) is 0 Å². The van der Waals surface area contributed by atoms with Crippen molar-refractivity contribution >= 4 is 12.2 Å². The molecule has 0 spiro atoms. The molecule has 0 amide bonds. The van der Waals surface area contributed by atoms with Gasteiger partial charge in [-0.1, -0.05) is 42.5 Å². The first-order valence-corrected chi connectivity index (χ1v) is 9.76. The fraction of sp³-hybridized carbons (Fsp3) is 0.391. The maximum Gasteiger partial charge on any atom is 0.126 e. The van der Waals surface area contributed by atoms with E-state index >= 15 is 0 Å². The second-order valence-electron chi connectivity index (χ2n) is 7.08. The van der Waals surface area contributed by atoms with Gasteiger partial charge in [-0.05, 0) is 62.5 Å². The summed E-state index contributed by atoms with van der Waals surface area (Å²) in [6.45, 7) is 3.57. The molecule has 1 N–H and O–H groups in total. The summed E-state index contributed by atoms with van der Waals surface area (Å²) in [6.07, 6.45) is 7.75. The Kier molecular flexibility index (Phi) is 7.43. The number of halogens is 1. The maximum atomic E-state index is 13.3. The van der Waals surface area contributed by atoms with Gasteiger partial charge in [-0.25, -0.2) is 4.39 Å². The van der Waals surface area contributed by atoms with E-state index < -0.39 is 0 Å². The van der Waals surface area contributed by atoms with Crippen molar-refractivity contribution in [3.63, 3.8) is 0 Å². The van der Waals surface area contributed by atoms with Gasteiger partial charge in [0.1, 0.15) is 11.6 Å². The van der Waals surface area contributed by atoms with Gasteiger partial charge < -0.3 is 14.7 Å². The number of hydrogen-bond acceptors (Lipinski definition) is 3. The first-order chi connectivity index (χ1) is 13.2. The molecule has 1 aliphatic heterocycles. The van der Waals surface area contributed by atoms with E-state index in [0.29, 0.717) is 6.61 Å². The van der Waals surface area contributed by atoms with E-state index in [1.54, 1.807) is 6.07 Å². The Hall–Kier alpha value is -2.17. The molecule has 27 heavy (non-hydrogen) atoms. The van der Waals surface area contributed by atoms with Crippen LogP contribution in [0.3, 0.4) is 0 Å². The lowest BCUT2D eigenvalue weighted by atomic mass is 10.1. The van der Waals surface area contributed by atoms with Crippen LogP contribution < -0.4 is 4.74 Å². The highest BCUT2D eigenvalue weighted by molar-refractivity contribution is 5.72. The van der Waals surface area contributed by atoms with Crippen molar-refractivity contribution in [1.82, 2.24) is 4.90 Å². The zero-order valence-electron chi connectivity index (χ0n) is 15.7. The van der Waals surface area contributed by atoms with Crippen molar-refractivity contribution in [2.45, 2.75) is 31.8 Å². The monoisotopic (exact) mass is 369 g/mol. The molecule has 0 aliphatic carbocycles. The van der Waals surface area contributed by atoms with Gasteiger partial charge in [-0.2, -0.15) is 0 Å². The summed E-state index contributed by atoms with van der Waals surface area (Å²) in [4.78, 5) is 2.34.